The second-order valence-electron chi connectivity index (χ2n) is 35.0. The molecule has 122 heavy (non-hydrogen) atoms. The van der Waals surface area contributed by atoms with Crippen LogP contribution < -0.4 is 10.6 Å². The largest absolute Gasteiger partial charge is 0.465 e. The number of hydrogen-bond acceptors (Lipinski definition) is 14. The van der Waals surface area contributed by atoms with Gasteiger partial charge in [-0.1, -0.05) is 190 Å². The van der Waals surface area contributed by atoms with Crippen LogP contribution >= 0.6 is 0 Å². The Labute approximate surface area is 715 Å². The Bertz CT molecular complexity index is 5310. The van der Waals surface area contributed by atoms with Gasteiger partial charge in [0.15, 0.2) is 0 Å². The summed E-state index contributed by atoms with van der Waals surface area (Å²) in [7, 11) is 2.60. The van der Waals surface area contributed by atoms with E-state index in [0.717, 1.165) is 170 Å². The summed E-state index contributed by atoms with van der Waals surface area (Å²) in [5, 5.41) is 19.5. The third kappa shape index (κ3) is 22.7. The molecule has 5 fully saturated rings. The number of ether oxygens (including phenoxy) is 4. The number of imidazole rings is 4. The van der Waals surface area contributed by atoms with Crippen molar-refractivity contribution in [3.63, 3.8) is 0 Å². The molecular weight excluding hydrogens is 1540 g/mol. The second kappa shape index (κ2) is 41.0. The van der Waals surface area contributed by atoms with E-state index in [1.165, 1.54) is 19.1 Å². The normalized spacial score (nSPS) is 17.6. The van der Waals surface area contributed by atoms with Crippen molar-refractivity contribution < 1.29 is 52.8 Å². The molecule has 0 spiro atoms. The van der Waals surface area contributed by atoms with Gasteiger partial charge in [0, 0.05) is 50.5 Å². The number of aromatic nitrogens is 8. The average Bonchev–Trinajstić information content (AvgIpc) is 1.48. The number of fused-ring (bicyclic) bond motifs is 2. The van der Waals surface area contributed by atoms with Crippen molar-refractivity contribution in [3.05, 3.63) is 205 Å². The fraction of sp³-hybridized carbons (Fsp3) is 0.423. The van der Waals surface area contributed by atoms with Crippen LogP contribution in [0.3, 0.4) is 0 Å². The van der Waals surface area contributed by atoms with Crippen molar-refractivity contribution in [2.75, 3.05) is 53.6 Å². The Morgan fingerprint density at radius 1 is 0.418 bits per heavy atom. The predicted octanol–water partition coefficient (Wildman–Crippen LogP) is 21.0. The molecule has 0 saturated carbocycles. The molecule has 0 aliphatic carbocycles. The Hall–Kier alpha value is -12.1. The molecule has 5 saturated heterocycles. The molecule has 0 bridgehead atoms. The van der Waals surface area contributed by atoms with Gasteiger partial charge < -0.3 is 64.4 Å². The summed E-state index contributed by atoms with van der Waals surface area (Å²) < 4.78 is 20.9. The topological polar surface area (TPSA) is 311 Å². The lowest BCUT2D eigenvalue weighted by Gasteiger charge is -2.34. The maximum Gasteiger partial charge on any atom is 0.410 e. The molecule has 7 N–H and O–H groups in total. The van der Waals surface area contributed by atoms with E-state index in [-0.39, 0.29) is 48.0 Å². The van der Waals surface area contributed by atoms with Crippen LogP contribution in [-0.4, -0.2) is 166 Å². The van der Waals surface area contributed by atoms with E-state index >= 15 is 0 Å². The zero-order valence-corrected chi connectivity index (χ0v) is 72.9. The SMILES string of the molecule is CC(C)C.CC(C)C.CC(C)C.COC(=O)NC(C(=O)N1CCCC1c1ncc(-c2ccc(-c3ccc4cc(-c5cnc(C6CCCN6C(=O)O)[nH]5)ccc4c3)cc2)[nH]1)c1ccccc1.COC(=O)NC(C(=O)N1CCCC1c1ncc(-c2ccc(-c3ccc4cc(-c5cnc(C6CCCN6C(=O)OC(C)(C)C)[nH]5)ccc4c3)cc2)[nH]1)C1CCOCC1. The first-order chi connectivity index (χ1) is 58.6. The van der Waals surface area contributed by atoms with Crippen LogP contribution in [0.15, 0.2) is 176 Å². The highest BCUT2D eigenvalue weighted by Gasteiger charge is 2.42. The van der Waals surface area contributed by atoms with Crippen LogP contribution in [0.4, 0.5) is 19.2 Å². The van der Waals surface area contributed by atoms with E-state index in [9.17, 15) is 33.9 Å². The molecule has 4 aromatic heterocycles. The van der Waals surface area contributed by atoms with Crippen LogP contribution in [0.2, 0.25) is 0 Å². The smallest absolute Gasteiger partial charge is 0.410 e. The van der Waals surface area contributed by atoms with E-state index in [0.29, 0.717) is 69.4 Å². The van der Waals surface area contributed by atoms with E-state index in [4.69, 9.17) is 28.9 Å². The monoisotopic (exact) mass is 1660 g/mol. The first kappa shape index (κ1) is 89.1. The third-order valence-electron chi connectivity index (χ3n) is 21.7. The first-order valence-corrected chi connectivity index (χ1v) is 43.0. The van der Waals surface area contributed by atoms with E-state index in [2.05, 4.69) is 224 Å². The van der Waals surface area contributed by atoms with Gasteiger partial charge in [0.2, 0.25) is 5.91 Å². The first-order valence-electron chi connectivity index (χ1n) is 43.0. The minimum Gasteiger partial charge on any atom is -0.465 e. The summed E-state index contributed by atoms with van der Waals surface area (Å²) in [6.07, 6.45) is 12.7. The number of aromatic amines is 4. The van der Waals surface area contributed by atoms with Gasteiger partial charge in [-0.15, -0.1) is 0 Å². The van der Waals surface area contributed by atoms with Crippen LogP contribution in [0.25, 0.3) is 88.8 Å². The number of carboxylic acid groups (broad SMARTS) is 1. The summed E-state index contributed by atoms with van der Waals surface area (Å²) in [5.41, 5.74) is 12.0. The molecule has 0 radical (unpaired) electrons. The van der Waals surface area contributed by atoms with Gasteiger partial charge in [0.05, 0.1) is 86.0 Å². The molecule has 11 aromatic rings. The molecule has 6 unspecified atom stereocenters. The molecule has 6 amide bonds. The maximum absolute atomic E-state index is 14.0. The van der Waals surface area contributed by atoms with Crippen LogP contribution in [-0.2, 0) is 28.5 Å². The van der Waals surface area contributed by atoms with E-state index < -0.39 is 36.0 Å². The third-order valence-corrected chi connectivity index (χ3v) is 21.7. The number of hydrogen-bond donors (Lipinski definition) is 7. The summed E-state index contributed by atoms with van der Waals surface area (Å²) in [4.78, 5) is 116. The number of alkyl carbamates (subject to hydrolysis) is 2. The lowest BCUT2D eigenvalue weighted by atomic mass is 9.90. The van der Waals surface area contributed by atoms with Crippen LogP contribution in [0, 0.1) is 23.7 Å². The van der Waals surface area contributed by atoms with Crippen molar-refractivity contribution in [3.8, 4) is 67.3 Å². The molecule has 5 aliphatic heterocycles. The predicted molar refractivity (Wildman–Crippen MR) is 477 cm³/mol. The average molecular weight is 1660 g/mol. The Morgan fingerprint density at radius 3 is 1.14 bits per heavy atom. The summed E-state index contributed by atoms with van der Waals surface area (Å²) in [6, 6.07) is 49.1. The molecule has 7 aromatic carbocycles. The fourth-order valence-corrected chi connectivity index (χ4v) is 16.1. The van der Waals surface area contributed by atoms with Gasteiger partial charge in [-0.25, -0.2) is 39.1 Å². The fourth-order valence-electron chi connectivity index (χ4n) is 16.1. The number of nitrogens with zero attached hydrogens (tertiary/aromatic N) is 8. The number of benzene rings is 7. The molecule has 25 heteroatoms. The molecule has 644 valence electrons. The highest BCUT2D eigenvalue weighted by Crippen LogP contribution is 2.40. The molecule has 9 heterocycles. The zero-order valence-electron chi connectivity index (χ0n) is 72.9. The minimum atomic E-state index is -0.913. The van der Waals surface area contributed by atoms with Gasteiger partial charge in [-0.2, -0.15) is 0 Å². The van der Waals surface area contributed by atoms with Gasteiger partial charge in [-0.05, 0) is 193 Å². The lowest BCUT2D eigenvalue weighted by molar-refractivity contribution is -0.137. The number of likely N-dealkylation sites (tertiary alicyclic amines) is 4. The number of H-pyrrole nitrogens is 4. The van der Waals surface area contributed by atoms with Crippen LogP contribution in [0.5, 0.6) is 0 Å². The second-order valence-corrected chi connectivity index (χ2v) is 35.0. The zero-order chi connectivity index (χ0) is 86.9. The van der Waals surface area contributed by atoms with Crippen molar-refractivity contribution in [1.82, 2.24) is 70.1 Å². The Morgan fingerprint density at radius 2 is 0.746 bits per heavy atom. The number of nitrogens with one attached hydrogen (secondary N) is 6. The summed E-state index contributed by atoms with van der Waals surface area (Å²) in [5.74, 6) is 5.08. The molecule has 6 atom stereocenters. The van der Waals surface area contributed by atoms with Crippen molar-refractivity contribution in [2.45, 2.75) is 189 Å². The van der Waals surface area contributed by atoms with E-state index in [1.807, 2.05) is 68.4 Å². The van der Waals surface area contributed by atoms with Crippen molar-refractivity contribution in [1.29, 1.82) is 0 Å². The number of carbonyl (C=O) groups excluding carboxylic acids is 5. The number of methoxy groups -OCH3 is 2. The maximum atomic E-state index is 14.0. The van der Waals surface area contributed by atoms with Crippen molar-refractivity contribution in [2.24, 2.45) is 23.7 Å². The number of carbonyl (C=O) groups is 6. The highest BCUT2D eigenvalue weighted by atomic mass is 16.6. The number of rotatable bonds is 16. The standard InChI is InChI=1S/C44H51N7O6.C41H39N7O5.3C4H10/c1-44(2,3)57-43(54)51-20-6-8-37(51)40-46-26-35(48-40)33-16-15-31-23-30(13-14-32(31)24-33)27-9-11-28(12-10-27)34-25-45-39(47-34)36-7-5-19-50(36)41(52)38(49-42(53)55-4)29-17-21-56-22-18-29;1-53-40(50)46-36(27-7-3-2-4-8-27)39(49)47-19-5-9-34(47)37-42-23-32(44-37)26-13-11-25(12-14-26)28-15-16-30-22-31(18-17-29(30)21-28)33-24-43-38(45-33)35-10-6-20-48(35)41(51)52;3*1-4(2)3/h9-16,23-26,29,36-38H,5-8,17-22H2,1-4H3,(H,45,47)(H,46,48)(H,49,53);2-4,7-8,11-18,21-24,34-36H,5-6,9-10,19-20H2,1H3,(H,42,44)(H,43,45)(H,46,50)(H,51,52);3*4H,1-3H3. The summed E-state index contributed by atoms with van der Waals surface area (Å²) in [6.45, 7) is 28.6. The molecule has 16 rings (SSSR count). The van der Waals surface area contributed by atoms with Gasteiger partial charge in [-0.3, -0.25) is 19.4 Å². The molecule has 5 aliphatic rings. The molecule has 25 nitrogen and oxygen atoms in total. The molecular formula is C97H120N14O11. The highest BCUT2D eigenvalue weighted by molar-refractivity contribution is 5.93. The van der Waals surface area contributed by atoms with Crippen LogP contribution in [0.1, 0.15) is 206 Å². The number of amides is 6. The van der Waals surface area contributed by atoms with Crippen molar-refractivity contribution >= 4 is 57.7 Å². The van der Waals surface area contributed by atoms with Gasteiger partial charge in [0.1, 0.15) is 41.0 Å². The quantitative estimate of drug-likeness (QED) is 0.0442. The van der Waals surface area contributed by atoms with E-state index in [1.54, 1.807) is 22.2 Å². The Balaban J connectivity index is 0.000000198. The lowest BCUT2D eigenvalue weighted by Crippen LogP contribution is -2.53. The minimum absolute atomic E-state index is 0.0178. The van der Waals surface area contributed by atoms with Gasteiger partial charge >= 0.3 is 24.4 Å². The Kier molecular flexibility index (Phi) is 29.9. The van der Waals surface area contributed by atoms with Gasteiger partial charge in [0.25, 0.3) is 5.91 Å². The summed E-state index contributed by atoms with van der Waals surface area (Å²) >= 11 is 0.